The van der Waals surface area contributed by atoms with Gasteiger partial charge in [-0.3, -0.25) is 9.36 Å². The molecule has 6 rings (SSSR count). The molecule has 162 valence electrons. The molecule has 9 nitrogen and oxygen atoms in total. The summed E-state index contributed by atoms with van der Waals surface area (Å²) in [6.07, 6.45) is 4.94. The quantitative estimate of drug-likeness (QED) is 0.634. The molecule has 0 unspecified atom stereocenters. The predicted molar refractivity (Wildman–Crippen MR) is 110 cm³/mol. The SMILES string of the molecule is O=C(C1CCC1)N1CCC(c2noc(-c3ccc4oc(=O)n(C5COC5)c4c3)n2)CC1. The third-order valence-electron chi connectivity index (χ3n) is 6.91. The van der Waals surface area contributed by atoms with Crippen molar-refractivity contribution < 1.29 is 18.5 Å². The van der Waals surface area contributed by atoms with Gasteiger partial charge in [0.15, 0.2) is 11.4 Å². The van der Waals surface area contributed by atoms with Crippen molar-refractivity contribution in [1.29, 1.82) is 0 Å². The number of hydrogen-bond donors (Lipinski definition) is 0. The highest BCUT2D eigenvalue weighted by molar-refractivity contribution is 5.80. The number of nitrogens with zero attached hydrogens (tertiary/aromatic N) is 4. The first-order valence-electron chi connectivity index (χ1n) is 11.0. The molecule has 0 N–H and O–H groups in total. The Morgan fingerprint density at radius 2 is 1.90 bits per heavy atom. The Morgan fingerprint density at radius 1 is 1.10 bits per heavy atom. The van der Waals surface area contributed by atoms with E-state index in [2.05, 4.69) is 10.1 Å². The first-order chi connectivity index (χ1) is 15.2. The van der Waals surface area contributed by atoms with Crippen LogP contribution in [0.15, 0.2) is 31.9 Å². The lowest BCUT2D eigenvalue weighted by molar-refractivity contribution is -0.139. The van der Waals surface area contributed by atoms with Crippen LogP contribution in [0.2, 0.25) is 0 Å². The Labute approximate surface area is 178 Å². The van der Waals surface area contributed by atoms with E-state index in [1.165, 1.54) is 6.42 Å². The summed E-state index contributed by atoms with van der Waals surface area (Å²) in [6, 6.07) is 5.44. The number of fused-ring (bicyclic) bond motifs is 1. The van der Waals surface area contributed by atoms with Gasteiger partial charge in [0.1, 0.15) is 0 Å². The Bertz CT molecular complexity index is 1180. The second kappa shape index (κ2) is 7.33. The molecular formula is C22H24N4O5. The van der Waals surface area contributed by atoms with Crippen LogP contribution in [-0.4, -0.2) is 51.8 Å². The van der Waals surface area contributed by atoms with Crippen LogP contribution in [0.25, 0.3) is 22.6 Å². The first kappa shape index (κ1) is 18.8. The highest BCUT2D eigenvalue weighted by Crippen LogP contribution is 2.33. The van der Waals surface area contributed by atoms with Crippen molar-refractivity contribution in [3.05, 3.63) is 34.6 Å². The van der Waals surface area contributed by atoms with Crippen LogP contribution >= 0.6 is 0 Å². The number of likely N-dealkylation sites (tertiary alicyclic amines) is 1. The number of oxazole rings is 1. The maximum atomic E-state index is 12.5. The topological polar surface area (TPSA) is 104 Å². The number of aromatic nitrogens is 3. The molecular weight excluding hydrogens is 400 g/mol. The fourth-order valence-corrected chi connectivity index (χ4v) is 4.67. The molecule has 3 aromatic rings. The van der Waals surface area contributed by atoms with Crippen molar-refractivity contribution in [3.63, 3.8) is 0 Å². The Hall–Kier alpha value is -2.94. The molecule has 3 aliphatic rings. The van der Waals surface area contributed by atoms with Crippen LogP contribution in [0.1, 0.15) is 49.9 Å². The summed E-state index contributed by atoms with van der Waals surface area (Å²) >= 11 is 0. The van der Waals surface area contributed by atoms with E-state index in [9.17, 15) is 9.59 Å². The van der Waals surface area contributed by atoms with Gasteiger partial charge in [0.05, 0.1) is 24.8 Å². The molecule has 1 amide bonds. The van der Waals surface area contributed by atoms with E-state index in [1.54, 1.807) is 10.6 Å². The average molecular weight is 424 g/mol. The highest BCUT2D eigenvalue weighted by atomic mass is 16.5. The normalized spacial score (nSPS) is 20.7. The molecule has 0 spiro atoms. The summed E-state index contributed by atoms with van der Waals surface area (Å²) in [5.74, 6) is 1.48. The third-order valence-corrected chi connectivity index (χ3v) is 6.91. The summed E-state index contributed by atoms with van der Waals surface area (Å²) in [7, 11) is 0. The number of ether oxygens (including phenoxy) is 1. The molecule has 0 bridgehead atoms. The van der Waals surface area contributed by atoms with Gasteiger partial charge in [-0.1, -0.05) is 11.6 Å². The van der Waals surface area contributed by atoms with Crippen LogP contribution in [-0.2, 0) is 9.53 Å². The summed E-state index contributed by atoms with van der Waals surface area (Å²) in [5, 5.41) is 4.22. The van der Waals surface area contributed by atoms with Gasteiger partial charge in [-0.15, -0.1) is 0 Å². The van der Waals surface area contributed by atoms with Gasteiger partial charge < -0.3 is 18.6 Å². The second-order valence-electron chi connectivity index (χ2n) is 8.80. The number of amides is 1. The fourth-order valence-electron chi connectivity index (χ4n) is 4.67. The van der Waals surface area contributed by atoms with Gasteiger partial charge in [-0.25, -0.2) is 4.79 Å². The van der Waals surface area contributed by atoms with Crippen molar-refractivity contribution in [2.24, 2.45) is 5.92 Å². The molecule has 0 radical (unpaired) electrons. The minimum Gasteiger partial charge on any atom is -0.408 e. The molecule has 1 aliphatic carbocycles. The van der Waals surface area contributed by atoms with Crippen LogP contribution in [0, 0.1) is 5.92 Å². The van der Waals surface area contributed by atoms with Crippen LogP contribution in [0.4, 0.5) is 0 Å². The molecule has 4 heterocycles. The average Bonchev–Trinajstić information content (AvgIpc) is 3.31. The van der Waals surface area contributed by atoms with E-state index >= 15 is 0 Å². The number of carbonyl (C=O) groups is 1. The smallest absolute Gasteiger partial charge is 0.408 e. The van der Waals surface area contributed by atoms with Gasteiger partial charge in [0, 0.05) is 30.5 Å². The summed E-state index contributed by atoms with van der Waals surface area (Å²) in [5.41, 5.74) is 1.99. The zero-order valence-corrected chi connectivity index (χ0v) is 17.2. The zero-order chi connectivity index (χ0) is 20.9. The predicted octanol–water partition coefficient (Wildman–Crippen LogP) is 2.72. The maximum Gasteiger partial charge on any atom is 0.420 e. The Balaban J connectivity index is 1.20. The largest absolute Gasteiger partial charge is 0.420 e. The monoisotopic (exact) mass is 424 g/mol. The van der Waals surface area contributed by atoms with E-state index in [4.69, 9.17) is 13.7 Å². The van der Waals surface area contributed by atoms with E-state index < -0.39 is 0 Å². The summed E-state index contributed by atoms with van der Waals surface area (Å²) in [6.45, 7) is 2.51. The number of carbonyl (C=O) groups excluding carboxylic acids is 1. The van der Waals surface area contributed by atoms with E-state index in [1.807, 2.05) is 17.0 Å². The van der Waals surface area contributed by atoms with Crippen LogP contribution in [0.5, 0.6) is 0 Å². The summed E-state index contributed by atoms with van der Waals surface area (Å²) in [4.78, 5) is 31.3. The Kier molecular flexibility index (Phi) is 4.45. The van der Waals surface area contributed by atoms with Gasteiger partial charge in [-0.2, -0.15) is 4.98 Å². The van der Waals surface area contributed by atoms with Gasteiger partial charge in [0.2, 0.25) is 5.91 Å². The number of hydrogen-bond acceptors (Lipinski definition) is 7. The van der Waals surface area contributed by atoms with Gasteiger partial charge >= 0.3 is 5.76 Å². The zero-order valence-electron chi connectivity index (χ0n) is 17.2. The lowest BCUT2D eigenvalue weighted by Crippen LogP contribution is -2.43. The second-order valence-corrected chi connectivity index (χ2v) is 8.80. The molecule has 1 saturated carbocycles. The van der Waals surface area contributed by atoms with Crippen molar-refractivity contribution in [2.45, 2.75) is 44.1 Å². The molecule has 2 saturated heterocycles. The van der Waals surface area contributed by atoms with E-state index in [-0.39, 0.29) is 23.6 Å². The van der Waals surface area contributed by atoms with Crippen LogP contribution in [0.3, 0.4) is 0 Å². The van der Waals surface area contributed by atoms with Gasteiger partial charge in [-0.05, 0) is 43.9 Å². The minimum atomic E-state index is -0.380. The number of piperidine rings is 1. The van der Waals surface area contributed by atoms with Crippen LogP contribution < -0.4 is 5.76 Å². The highest BCUT2D eigenvalue weighted by Gasteiger charge is 2.33. The molecule has 31 heavy (non-hydrogen) atoms. The molecule has 2 aliphatic heterocycles. The maximum absolute atomic E-state index is 12.5. The van der Waals surface area contributed by atoms with Gasteiger partial charge in [0.25, 0.3) is 5.89 Å². The van der Waals surface area contributed by atoms with E-state index in [0.29, 0.717) is 41.9 Å². The molecule has 3 fully saturated rings. The van der Waals surface area contributed by atoms with Crippen molar-refractivity contribution >= 4 is 17.0 Å². The fraction of sp³-hybridized carbons (Fsp3) is 0.545. The standard InChI is InChI=1S/C22H24N4O5/c27-21(14-2-1-3-14)25-8-6-13(7-9-25)19-23-20(31-24-19)15-4-5-18-17(10-15)26(22(28)30-18)16-11-29-12-16/h4-5,10,13-14,16H,1-3,6-9,11-12H2. The van der Waals surface area contributed by atoms with E-state index in [0.717, 1.165) is 44.3 Å². The minimum absolute atomic E-state index is 0.00456. The molecule has 1 aromatic carbocycles. The molecule has 2 aromatic heterocycles. The third kappa shape index (κ3) is 3.18. The Morgan fingerprint density at radius 3 is 2.58 bits per heavy atom. The lowest BCUT2D eigenvalue weighted by Gasteiger charge is -2.35. The summed E-state index contributed by atoms with van der Waals surface area (Å²) < 4.78 is 17.8. The molecule has 9 heteroatoms. The number of benzene rings is 1. The molecule has 0 atom stereocenters. The van der Waals surface area contributed by atoms with Crippen molar-refractivity contribution in [3.8, 4) is 11.5 Å². The lowest BCUT2D eigenvalue weighted by atomic mass is 9.83. The van der Waals surface area contributed by atoms with Crippen molar-refractivity contribution in [1.82, 2.24) is 19.6 Å². The first-order valence-corrected chi connectivity index (χ1v) is 11.0. The number of rotatable bonds is 4. The van der Waals surface area contributed by atoms with Crippen molar-refractivity contribution in [2.75, 3.05) is 26.3 Å².